The van der Waals surface area contributed by atoms with Gasteiger partial charge in [-0.15, -0.1) is 0 Å². The van der Waals surface area contributed by atoms with Crippen LogP contribution in [-0.4, -0.2) is 24.2 Å². The van der Waals surface area contributed by atoms with Crippen LogP contribution in [0.2, 0.25) is 0 Å². The summed E-state index contributed by atoms with van der Waals surface area (Å²) in [6.07, 6.45) is 2.54. The minimum Gasteiger partial charge on any atom is -0.480 e. The Labute approximate surface area is 123 Å². The number of ether oxygens (including phenoxy) is 2. The van der Waals surface area contributed by atoms with Gasteiger partial charge in [-0.05, 0) is 17.5 Å². The standard InChI is InChI=1S/C15H18N4O2/c1-20-12-8-17-14(15(18-12)21-2)13(19-16)11-7-9-5-3-4-6-10(9)11/h3-6,8,11,13,19H,7,16H2,1-2H3. The molecule has 0 amide bonds. The van der Waals surface area contributed by atoms with Crippen molar-refractivity contribution in [1.29, 1.82) is 0 Å². The molecule has 3 N–H and O–H groups in total. The van der Waals surface area contributed by atoms with Crippen LogP contribution in [-0.2, 0) is 6.42 Å². The molecule has 0 fully saturated rings. The molecule has 1 aliphatic carbocycles. The predicted octanol–water partition coefficient (Wildman–Crippen LogP) is 1.34. The van der Waals surface area contributed by atoms with E-state index in [1.807, 2.05) is 12.1 Å². The molecule has 0 radical (unpaired) electrons. The van der Waals surface area contributed by atoms with Crippen molar-refractivity contribution in [2.45, 2.75) is 18.4 Å². The summed E-state index contributed by atoms with van der Waals surface area (Å²) >= 11 is 0. The molecule has 110 valence electrons. The SMILES string of the molecule is COc1cnc(C(NN)C2Cc3ccccc32)c(OC)n1. The van der Waals surface area contributed by atoms with E-state index < -0.39 is 0 Å². The van der Waals surface area contributed by atoms with Crippen LogP contribution in [0.4, 0.5) is 0 Å². The molecule has 2 atom stereocenters. The van der Waals surface area contributed by atoms with Gasteiger partial charge >= 0.3 is 0 Å². The van der Waals surface area contributed by atoms with E-state index in [0.717, 1.165) is 6.42 Å². The molecule has 1 aliphatic rings. The summed E-state index contributed by atoms with van der Waals surface area (Å²) in [5.41, 5.74) is 6.19. The molecule has 0 saturated carbocycles. The lowest BCUT2D eigenvalue weighted by Crippen LogP contribution is -2.38. The highest BCUT2D eigenvalue weighted by atomic mass is 16.5. The Balaban J connectivity index is 1.95. The van der Waals surface area contributed by atoms with Gasteiger partial charge in [0.2, 0.25) is 11.8 Å². The topological polar surface area (TPSA) is 82.3 Å². The molecule has 1 aromatic carbocycles. The van der Waals surface area contributed by atoms with Crippen LogP contribution in [0.1, 0.15) is 28.8 Å². The van der Waals surface area contributed by atoms with Crippen molar-refractivity contribution >= 4 is 0 Å². The highest BCUT2D eigenvalue weighted by molar-refractivity contribution is 5.43. The molecular formula is C15H18N4O2. The predicted molar refractivity (Wildman–Crippen MR) is 78.1 cm³/mol. The number of nitrogens with zero attached hydrogens (tertiary/aromatic N) is 2. The summed E-state index contributed by atoms with van der Waals surface area (Å²) in [6, 6.07) is 8.20. The second-order valence-electron chi connectivity index (χ2n) is 4.96. The molecule has 0 spiro atoms. The third kappa shape index (κ3) is 2.32. The average molecular weight is 286 g/mol. The molecule has 21 heavy (non-hydrogen) atoms. The van der Waals surface area contributed by atoms with E-state index in [1.165, 1.54) is 11.1 Å². The zero-order valence-corrected chi connectivity index (χ0v) is 12.0. The van der Waals surface area contributed by atoms with E-state index >= 15 is 0 Å². The Morgan fingerprint density at radius 2 is 2.10 bits per heavy atom. The molecule has 1 heterocycles. The van der Waals surface area contributed by atoms with Gasteiger partial charge in [-0.25, -0.2) is 4.98 Å². The van der Waals surface area contributed by atoms with Crippen molar-refractivity contribution in [3.8, 4) is 11.8 Å². The van der Waals surface area contributed by atoms with Gasteiger partial charge in [0.1, 0.15) is 5.69 Å². The molecule has 0 bridgehead atoms. The number of nitrogens with two attached hydrogens (primary N) is 1. The molecule has 3 rings (SSSR count). The normalized spacial score (nSPS) is 17.6. The van der Waals surface area contributed by atoms with Gasteiger partial charge in [0.05, 0.1) is 26.5 Å². The Kier molecular flexibility index (Phi) is 3.72. The third-order valence-corrected chi connectivity index (χ3v) is 3.92. The van der Waals surface area contributed by atoms with Crippen LogP contribution in [0.25, 0.3) is 0 Å². The van der Waals surface area contributed by atoms with Crippen LogP contribution in [0.15, 0.2) is 30.5 Å². The van der Waals surface area contributed by atoms with E-state index in [2.05, 4.69) is 27.5 Å². The highest BCUT2D eigenvalue weighted by Gasteiger charge is 2.35. The zero-order valence-electron chi connectivity index (χ0n) is 12.0. The maximum Gasteiger partial charge on any atom is 0.240 e. The minimum atomic E-state index is -0.145. The summed E-state index contributed by atoms with van der Waals surface area (Å²) in [7, 11) is 3.11. The largest absolute Gasteiger partial charge is 0.480 e. The summed E-state index contributed by atoms with van der Waals surface area (Å²) < 4.78 is 10.4. The Hall–Kier alpha value is -2.18. The second kappa shape index (κ2) is 5.67. The first-order valence-corrected chi connectivity index (χ1v) is 6.77. The molecular weight excluding hydrogens is 268 g/mol. The third-order valence-electron chi connectivity index (χ3n) is 3.92. The number of hydrogen-bond donors (Lipinski definition) is 2. The molecule has 6 heteroatoms. The van der Waals surface area contributed by atoms with Gasteiger partial charge < -0.3 is 9.47 Å². The fraction of sp³-hybridized carbons (Fsp3) is 0.333. The molecule has 1 aromatic heterocycles. The quantitative estimate of drug-likeness (QED) is 0.637. The summed E-state index contributed by atoms with van der Waals surface area (Å²) in [4.78, 5) is 8.69. The van der Waals surface area contributed by atoms with Crippen molar-refractivity contribution in [2.24, 2.45) is 5.84 Å². The Morgan fingerprint density at radius 3 is 2.76 bits per heavy atom. The average Bonchev–Trinajstić information content (AvgIpc) is 2.52. The van der Waals surface area contributed by atoms with Crippen LogP contribution in [0.3, 0.4) is 0 Å². The van der Waals surface area contributed by atoms with E-state index in [4.69, 9.17) is 15.3 Å². The number of fused-ring (bicyclic) bond motifs is 1. The summed E-state index contributed by atoms with van der Waals surface area (Å²) in [5, 5.41) is 0. The smallest absolute Gasteiger partial charge is 0.240 e. The number of methoxy groups -OCH3 is 2. The van der Waals surface area contributed by atoms with E-state index in [9.17, 15) is 0 Å². The molecule has 2 aromatic rings. The van der Waals surface area contributed by atoms with Gasteiger partial charge in [0.25, 0.3) is 0 Å². The van der Waals surface area contributed by atoms with Crippen molar-refractivity contribution in [1.82, 2.24) is 15.4 Å². The van der Waals surface area contributed by atoms with E-state index in [1.54, 1.807) is 20.4 Å². The summed E-state index contributed by atoms with van der Waals surface area (Å²) in [6.45, 7) is 0. The van der Waals surface area contributed by atoms with Crippen molar-refractivity contribution in [3.05, 3.63) is 47.3 Å². The number of rotatable bonds is 5. The fourth-order valence-electron chi connectivity index (χ4n) is 2.81. The van der Waals surface area contributed by atoms with Gasteiger partial charge in [-0.2, -0.15) is 4.98 Å². The molecule has 0 aliphatic heterocycles. The number of hydrogen-bond acceptors (Lipinski definition) is 6. The number of benzene rings is 1. The zero-order chi connectivity index (χ0) is 14.8. The van der Waals surface area contributed by atoms with E-state index in [-0.39, 0.29) is 12.0 Å². The second-order valence-corrected chi connectivity index (χ2v) is 4.96. The van der Waals surface area contributed by atoms with Gasteiger partial charge in [0.15, 0.2) is 0 Å². The first-order valence-electron chi connectivity index (χ1n) is 6.77. The molecule has 2 unspecified atom stereocenters. The van der Waals surface area contributed by atoms with Crippen molar-refractivity contribution in [2.75, 3.05) is 14.2 Å². The lowest BCUT2D eigenvalue weighted by Gasteiger charge is -2.36. The maximum absolute atomic E-state index is 5.76. The van der Waals surface area contributed by atoms with Gasteiger partial charge in [-0.3, -0.25) is 11.3 Å². The highest BCUT2D eigenvalue weighted by Crippen LogP contribution is 2.44. The maximum atomic E-state index is 5.76. The van der Waals surface area contributed by atoms with E-state index in [0.29, 0.717) is 17.5 Å². The van der Waals surface area contributed by atoms with Gasteiger partial charge in [0, 0.05) is 5.92 Å². The number of hydrazine groups is 1. The Bertz CT molecular complexity index is 647. The number of nitrogens with one attached hydrogen (secondary N) is 1. The first-order chi connectivity index (χ1) is 10.3. The Morgan fingerprint density at radius 1 is 1.29 bits per heavy atom. The van der Waals surface area contributed by atoms with Gasteiger partial charge in [-0.1, -0.05) is 24.3 Å². The molecule has 0 saturated heterocycles. The lowest BCUT2D eigenvalue weighted by atomic mass is 9.73. The van der Waals surface area contributed by atoms with Crippen molar-refractivity contribution in [3.63, 3.8) is 0 Å². The first kappa shape index (κ1) is 13.8. The van der Waals surface area contributed by atoms with Crippen LogP contribution in [0, 0.1) is 0 Å². The molecule has 6 nitrogen and oxygen atoms in total. The summed E-state index contributed by atoms with van der Waals surface area (Å²) in [5.74, 6) is 6.88. The van der Waals surface area contributed by atoms with Crippen LogP contribution < -0.4 is 20.7 Å². The number of aromatic nitrogens is 2. The monoisotopic (exact) mass is 286 g/mol. The minimum absolute atomic E-state index is 0.145. The van der Waals surface area contributed by atoms with Crippen LogP contribution >= 0.6 is 0 Å². The lowest BCUT2D eigenvalue weighted by molar-refractivity contribution is 0.336. The fourth-order valence-corrected chi connectivity index (χ4v) is 2.81. The van der Waals surface area contributed by atoms with Crippen molar-refractivity contribution < 1.29 is 9.47 Å². The van der Waals surface area contributed by atoms with Crippen LogP contribution in [0.5, 0.6) is 11.8 Å².